The Morgan fingerprint density at radius 1 is 1.07 bits per heavy atom. The molecular formula is C25H29N3O. The molecule has 1 amide bonds. The summed E-state index contributed by atoms with van der Waals surface area (Å²) in [4.78, 5) is 19.6. The number of rotatable bonds is 6. The number of carbonyl (C=O) groups is 1. The molecule has 29 heavy (non-hydrogen) atoms. The van der Waals surface area contributed by atoms with E-state index in [0.717, 1.165) is 19.4 Å². The first kappa shape index (κ1) is 19.4. The fourth-order valence-corrected chi connectivity index (χ4v) is 4.77. The van der Waals surface area contributed by atoms with Gasteiger partial charge >= 0.3 is 0 Å². The summed E-state index contributed by atoms with van der Waals surface area (Å²) >= 11 is 0. The van der Waals surface area contributed by atoms with E-state index < -0.39 is 0 Å². The molecule has 3 aromatic rings. The largest absolute Gasteiger partial charge is 0.339 e. The molecule has 0 N–H and O–H groups in total. The Morgan fingerprint density at radius 3 is 2.34 bits per heavy atom. The second-order valence-electron chi connectivity index (χ2n) is 8.29. The number of nitrogens with zero attached hydrogens (tertiary/aromatic N) is 3. The summed E-state index contributed by atoms with van der Waals surface area (Å²) in [6.07, 6.45) is 8.17. The predicted octanol–water partition coefficient (Wildman–Crippen LogP) is 5.08. The molecule has 150 valence electrons. The Bertz CT molecular complexity index is 942. The quantitative estimate of drug-likeness (QED) is 0.592. The Kier molecular flexibility index (Phi) is 5.52. The standard InChI is InChI=1S/C25H29N3O/c1-20(21-11-5-3-6-12-21)28-19-26-17-23(28)24(29)27(2)18-25(15-9-10-16-25)22-13-7-4-8-14-22/h3-8,11-14,17,19-20H,9-10,15-16,18H2,1-2H3. The van der Waals surface area contributed by atoms with Gasteiger partial charge in [0.15, 0.2) is 0 Å². The second-order valence-corrected chi connectivity index (χ2v) is 8.29. The molecule has 0 radical (unpaired) electrons. The molecule has 0 aliphatic heterocycles. The highest BCUT2D eigenvalue weighted by atomic mass is 16.2. The minimum atomic E-state index is 0.0347. The Hall–Kier alpha value is -2.88. The molecule has 4 rings (SSSR count). The van der Waals surface area contributed by atoms with E-state index in [-0.39, 0.29) is 17.4 Å². The van der Waals surface area contributed by atoms with Crippen LogP contribution in [-0.2, 0) is 5.41 Å². The smallest absolute Gasteiger partial charge is 0.271 e. The van der Waals surface area contributed by atoms with Gasteiger partial charge in [-0.1, -0.05) is 73.5 Å². The molecule has 4 nitrogen and oxygen atoms in total. The molecule has 1 aliphatic rings. The summed E-state index contributed by atoms with van der Waals surface area (Å²) < 4.78 is 1.98. The van der Waals surface area contributed by atoms with Crippen LogP contribution in [0.3, 0.4) is 0 Å². The van der Waals surface area contributed by atoms with Gasteiger partial charge in [0.05, 0.1) is 18.6 Å². The van der Waals surface area contributed by atoms with Crippen LogP contribution in [0.5, 0.6) is 0 Å². The van der Waals surface area contributed by atoms with Crippen LogP contribution in [0.2, 0.25) is 0 Å². The number of imidazole rings is 1. The lowest BCUT2D eigenvalue weighted by Gasteiger charge is -2.34. The molecule has 1 unspecified atom stereocenters. The van der Waals surface area contributed by atoms with Gasteiger partial charge in [-0.15, -0.1) is 0 Å². The van der Waals surface area contributed by atoms with E-state index in [1.165, 1.54) is 24.0 Å². The third-order valence-corrected chi connectivity index (χ3v) is 6.42. The topological polar surface area (TPSA) is 38.1 Å². The zero-order chi connectivity index (χ0) is 20.3. The summed E-state index contributed by atoms with van der Waals surface area (Å²) in [5.41, 5.74) is 3.22. The maximum absolute atomic E-state index is 13.4. The molecular weight excluding hydrogens is 358 g/mol. The average Bonchev–Trinajstić information content (AvgIpc) is 3.44. The second kappa shape index (κ2) is 8.24. The molecule has 4 heteroatoms. The van der Waals surface area contributed by atoms with Gasteiger partial charge in [0, 0.05) is 19.0 Å². The molecule has 0 saturated heterocycles. The van der Waals surface area contributed by atoms with Crippen molar-refractivity contribution in [1.82, 2.24) is 14.5 Å². The van der Waals surface area contributed by atoms with Crippen LogP contribution in [0.25, 0.3) is 0 Å². The SMILES string of the molecule is CC(c1ccccc1)n1cncc1C(=O)N(C)CC1(c2ccccc2)CCCC1. The molecule has 1 aromatic heterocycles. The van der Waals surface area contributed by atoms with Crippen LogP contribution >= 0.6 is 0 Å². The van der Waals surface area contributed by atoms with E-state index in [1.807, 2.05) is 34.7 Å². The van der Waals surface area contributed by atoms with Gasteiger partial charge in [0.2, 0.25) is 0 Å². The van der Waals surface area contributed by atoms with E-state index in [9.17, 15) is 4.79 Å². The first-order valence-corrected chi connectivity index (χ1v) is 10.5. The summed E-state index contributed by atoms with van der Waals surface area (Å²) in [5, 5.41) is 0. The molecule has 0 spiro atoms. The van der Waals surface area contributed by atoms with E-state index in [0.29, 0.717) is 5.69 Å². The number of likely N-dealkylation sites (N-methyl/N-ethyl adjacent to an activating group) is 1. The number of hydrogen-bond acceptors (Lipinski definition) is 2. The Morgan fingerprint density at radius 2 is 1.69 bits per heavy atom. The van der Waals surface area contributed by atoms with Crippen molar-refractivity contribution in [2.45, 2.75) is 44.1 Å². The van der Waals surface area contributed by atoms with E-state index >= 15 is 0 Å². The lowest BCUT2D eigenvalue weighted by molar-refractivity contribution is 0.0746. The first-order chi connectivity index (χ1) is 14.1. The van der Waals surface area contributed by atoms with Crippen LogP contribution in [0, 0.1) is 0 Å². The van der Waals surface area contributed by atoms with Crippen LogP contribution in [0.1, 0.15) is 60.3 Å². The van der Waals surface area contributed by atoms with E-state index in [4.69, 9.17) is 0 Å². The Labute approximate surface area is 173 Å². The van der Waals surface area contributed by atoms with Crippen LogP contribution < -0.4 is 0 Å². The Balaban J connectivity index is 1.57. The van der Waals surface area contributed by atoms with Gasteiger partial charge in [-0.25, -0.2) is 4.98 Å². The number of carbonyl (C=O) groups excluding carboxylic acids is 1. The summed E-state index contributed by atoms with van der Waals surface area (Å²) in [6, 6.07) is 21.0. The first-order valence-electron chi connectivity index (χ1n) is 10.5. The third-order valence-electron chi connectivity index (χ3n) is 6.42. The van der Waals surface area contributed by atoms with Crippen molar-refractivity contribution in [3.8, 4) is 0 Å². The number of benzene rings is 2. The third kappa shape index (κ3) is 3.84. The van der Waals surface area contributed by atoms with Crippen LogP contribution in [0.4, 0.5) is 0 Å². The lowest BCUT2D eigenvalue weighted by atomic mass is 9.78. The number of aromatic nitrogens is 2. The summed E-state index contributed by atoms with van der Waals surface area (Å²) in [5.74, 6) is 0.0347. The molecule has 1 atom stereocenters. The summed E-state index contributed by atoms with van der Waals surface area (Å²) in [7, 11) is 1.93. The molecule has 1 fully saturated rings. The van der Waals surface area contributed by atoms with Crippen LogP contribution in [-0.4, -0.2) is 34.0 Å². The van der Waals surface area contributed by atoms with Gasteiger partial charge in [0.1, 0.15) is 5.69 Å². The molecule has 0 bridgehead atoms. The summed E-state index contributed by atoms with van der Waals surface area (Å²) in [6.45, 7) is 2.84. The molecule has 1 saturated carbocycles. The minimum Gasteiger partial charge on any atom is -0.339 e. The van der Waals surface area contributed by atoms with Gasteiger partial charge in [-0.3, -0.25) is 4.79 Å². The van der Waals surface area contributed by atoms with E-state index in [2.05, 4.69) is 54.4 Å². The number of amides is 1. The fourth-order valence-electron chi connectivity index (χ4n) is 4.77. The van der Waals surface area contributed by atoms with Crippen molar-refractivity contribution < 1.29 is 4.79 Å². The van der Waals surface area contributed by atoms with Gasteiger partial charge < -0.3 is 9.47 Å². The van der Waals surface area contributed by atoms with Gasteiger partial charge in [-0.05, 0) is 30.9 Å². The monoisotopic (exact) mass is 387 g/mol. The highest BCUT2D eigenvalue weighted by Gasteiger charge is 2.38. The predicted molar refractivity (Wildman–Crippen MR) is 116 cm³/mol. The molecule has 1 heterocycles. The number of hydrogen-bond donors (Lipinski definition) is 0. The average molecular weight is 388 g/mol. The minimum absolute atomic E-state index is 0.0347. The maximum atomic E-state index is 13.4. The normalized spacial score (nSPS) is 16.5. The highest BCUT2D eigenvalue weighted by molar-refractivity contribution is 5.92. The van der Waals surface area contributed by atoms with Gasteiger partial charge in [0.25, 0.3) is 5.91 Å². The van der Waals surface area contributed by atoms with Crippen LogP contribution in [0.15, 0.2) is 73.2 Å². The van der Waals surface area contributed by atoms with E-state index in [1.54, 1.807) is 12.5 Å². The molecule has 1 aliphatic carbocycles. The highest BCUT2D eigenvalue weighted by Crippen LogP contribution is 2.41. The zero-order valence-electron chi connectivity index (χ0n) is 17.3. The van der Waals surface area contributed by atoms with Crippen molar-refractivity contribution in [3.05, 3.63) is 90.0 Å². The van der Waals surface area contributed by atoms with Crippen molar-refractivity contribution in [2.24, 2.45) is 0 Å². The fraction of sp³-hybridized carbons (Fsp3) is 0.360. The van der Waals surface area contributed by atoms with Crippen molar-refractivity contribution >= 4 is 5.91 Å². The van der Waals surface area contributed by atoms with Gasteiger partial charge in [-0.2, -0.15) is 0 Å². The van der Waals surface area contributed by atoms with Crippen molar-refractivity contribution in [1.29, 1.82) is 0 Å². The van der Waals surface area contributed by atoms with Crippen molar-refractivity contribution in [2.75, 3.05) is 13.6 Å². The van der Waals surface area contributed by atoms with Crippen molar-refractivity contribution in [3.63, 3.8) is 0 Å². The lowest BCUT2D eigenvalue weighted by Crippen LogP contribution is -2.41. The maximum Gasteiger partial charge on any atom is 0.271 e. The zero-order valence-corrected chi connectivity index (χ0v) is 17.3. The molecule has 2 aromatic carbocycles.